The molecular formula is C19H28FN3O3. The normalized spacial score (nSPS) is 15.7. The van der Waals surface area contributed by atoms with Gasteiger partial charge in [0.1, 0.15) is 0 Å². The molecular weight excluding hydrogens is 337 g/mol. The molecule has 0 atom stereocenters. The van der Waals surface area contributed by atoms with Gasteiger partial charge in [-0.2, -0.15) is 0 Å². The van der Waals surface area contributed by atoms with Crippen molar-refractivity contribution in [2.45, 2.75) is 33.2 Å². The van der Waals surface area contributed by atoms with Crippen molar-refractivity contribution in [2.75, 3.05) is 33.4 Å². The molecule has 2 rings (SSSR count). The van der Waals surface area contributed by atoms with Gasteiger partial charge in [0.25, 0.3) is 0 Å². The Morgan fingerprint density at radius 3 is 2.65 bits per heavy atom. The first-order chi connectivity index (χ1) is 12.6. The molecule has 1 N–H and O–H groups in total. The number of benzene rings is 1. The third kappa shape index (κ3) is 5.34. The van der Waals surface area contributed by atoms with Crippen LogP contribution in [0.15, 0.2) is 23.2 Å². The minimum Gasteiger partial charge on any atom is -0.494 e. The standard InChI is InChI=1S/C19H28FN3O3/c1-4-21-19(22-13-14-6-7-17(25-3)16(20)12-14)23-10-8-15(9-11-23)18(24)26-5-2/h6-7,12,15H,4-5,8-11,13H2,1-3H3,(H,21,22). The number of esters is 1. The van der Waals surface area contributed by atoms with Crippen LogP contribution in [0.25, 0.3) is 0 Å². The number of methoxy groups -OCH3 is 1. The minimum atomic E-state index is -0.388. The number of carbonyl (C=O) groups is 1. The summed E-state index contributed by atoms with van der Waals surface area (Å²) in [6, 6.07) is 4.86. The van der Waals surface area contributed by atoms with E-state index in [1.165, 1.54) is 13.2 Å². The zero-order valence-corrected chi connectivity index (χ0v) is 15.8. The van der Waals surface area contributed by atoms with E-state index in [2.05, 4.69) is 15.2 Å². The summed E-state index contributed by atoms with van der Waals surface area (Å²) in [7, 11) is 1.44. The van der Waals surface area contributed by atoms with Gasteiger partial charge in [0.05, 0.1) is 26.2 Å². The SMILES string of the molecule is CCNC(=NCc1ccc(OC)c(F)c1)N1CCC(C(=O)OCC)CC1. The zero-order valence-electron chi connectivity index (χ0n) is 15.8. The molecule has 1 aliphatic rings. The Labute approximate surface area is 154 Å². The van der Waals surface area contributed by atoms with Gasteiger partial charge < -0.3 is 19.7 Å². The fourth-order valence-corrected chi connectivity index (χ4v) is 2.99. The van der Waals surface area contributed by atoms with Crippen LogP contribution >= 0.6 is 0 Å². The number of halogens is 1. The second-order valence-corrected chi connectivity index (χ2v) is 6.15. The topological polar surface area (TPSA) is 63.2 Å². The Morgan fingerprint density at radius 1 is 1.35 bits per heavy atom. The lowest BCUT2D eigenvalue weighted by atomic mass is 9.97. The van der Waals surface area contributed by atoms with Crippen LogP contribution in [0.5, 0.6) is 5.75 Å². The molecule has 1 saturated heterocycles. The van der Waals surface area contributed by atoms with Crippen LogP contribution in [0.3, 0.4) is 0 Å². The van der Waals surface area contributed by atoms with E-state index in [-0.39, 0.29) is 23.5 Å². The number of nitrogens with zero attached hydrogens (tertiary/aromatic N) is 2. The van der Waals surface area contributed by atoms with Gasteiger partial charge in [0.15, 0.2) is 17.5 Å². The first-order valence-corrected chi connectivity index (χ1v) is 9.11. The summed E-state index contributed by atoms with van der Waals surface area (Å²) in [6.45, 7) is 6.85. The monoisotopic (exact) mass is 365 g/mol. The number of rotatable bonds is 6. The molecule has 1 aromatic rings. The molecule has 1 aromatic carbocycles. The summed E-state index contributed by atoms with van der Waals surface area (Å²) in [5.41, 5.74) is 0.778. The van der Waals surface area contributed by atoms with E-state index in [4.69, 9.17) is 9.47 Å². The number of carbonyl (C=O) groups excluding carboxylic acids is 1. The lowest BCUT2D eigenvalue weighted by Gasteiger charge is -2.33. The molecule has 0 saturated carbocycles. The predicted molar refractivity (Wildman–Crippen MR) is 98.7 cm³/mol. The summed E-state index contributed by atoms with van der Waals surface area (Å²) in [4.78, 5) is 18.6. The smallest absolute Gasteiger partial charge is 0.309 e. The molecule has 0 aliphatic carbocycles. The zero-order chi connectivity index (χ0) is 18.9. The van der Waals surface area contributed by atoms with Crippen molar-refractivity contribution in [3.63, 3.8) is 0 Å². The summed E-state index contributed by atoms with van der Waals surface area (Å²) in [5, 5.41) is 3.27. The van der Waals surface area contributed by atoms with E-state index in [0.717, 1.165) is 44.0 Å². The number of likely N-dealkylation sites (tertiary alicyclic amines) is 1. The lowest BCUT2D eigenvalue weighted by molar-refractivity contribution is -0.149. The van der Waals surface area contributed by atoms with Gasteiger partial charge in [-0.15, -0.1) is 0 Å². The molecule has 0 amide bonds. The molecule has 0 bridgehead atoms. The van der Waals surface area contributed by atoms with Gasteiger partial charge in [-0.3, -0.25) is 4.79 Å². The highest BCUT2D eigenvalue weighted by Crippen LogP contribution is 2.20. The van der Waals surface area contributed by atoms with Crippen LogP contribution < -0.4 is 10.1 Å². The number of nitrogens with one attached hydrogen (secondary N) is 1. The summed E-state index contributed by atoms with van der Waals surface area (Å²) in [5.74, 6) is 0.477. The lowest BCUT2D eigenvalue weighted by Crippen LogP contribution is -2.46. The van der Waals surface area contributed by atoms with Crippen LogP contribution in [0.1, 0.15) is 32.3 Å². The van der Waals surface area contributed by atoms with Gasteiger partial charge in [-0.1, -0.05) is 6.07 Å². The van der Waals surface area contributed by atoms with E-state index in [0.29, 0.717) is 13.2 Å². The molecule has 6 nitrogen and oxygen atoms in total. The number of piperidine rings is 1. The molecule has 0 radical (unpaired) electrons. The number of hydrogen-bond acceptors (Lipinski definition) is 4. The fourth-order valence-electron chi connectivity index (χ4n) is 2.99. The van der Waals surface area contributed by atoms with Crippen molar-refractivity contribution in [2.24, 2.45) is 10.9 Å². The number of hydrogen-bond donors (Lipinski definition) is 1. The Balaban J connectivity index is 1.99. The van der Waals surface area contributed by atoms with Crippen LogP contribution in [0, 0.1) is 11.7 Å². The largest absolute Gasteiger partial charge is 0.494 e. The Morgan fingerprint density at radius 2 is 2.08 bits per heavy atom. The molecule has 1 fully saturated rings. The van der Waals surface area contributed by atoms with Gasteiger partial charge in [-0.25, -0.2) is 9.38 Å². The Bertz CT molecular complexity index is 628. The summed E-state index contributed by atoms with van der Waals surface area (Å²) < 4.78 is 23.9. The van der Waals surface area contributed by atoms with Crippen LogP contribution in [-0.4, -0.2) is 50.2 Å². The first-order valence-electron chi connectivity index (χ1n) is 9.11. The van der Waals surface area contributed by atoms with Crippen LogP contribution in [-0.2, 0) is 16.1 Å². The third-order valence-corrected chi connectivity index (χ3v) is 4.38. The highest BCUT2D eigenvalue weighted by atomic mass is 19.1. The van der Waals surface area contributed by atoms with E-state index < -0.39 is 0 Å². The number of guanidine groups is 1. The maximum absolute atomic E-state index is 13.8. The number of aliphatic imine (C=N–C) groups is 1. The van der Waals surface area contributed by atoms with Crippen molar-refractivity contribution >= 4 is 11.9 Å². The highest BCUT2D eigenvalue weighted by Gasteiger charge is 2.27. The number of ether oxygens (including phenoxy) is 2. The summed E-state index contributed by atoms with van der Waals surface area (Å²) >= 11 is 0. The van der Waals surface area contributed by atoms with Crippen molar-refractivity contribution < 1.29 is 18.7 Å². The summed E-state index contributed by atoms with van der Waals surface area (Å²) in [6.07, 6.45) is 1.50. The molecule has 144 valence electrons. The van der Waals surface area contributed by atoms with Crippen molar-refractivity contribution in [3.05, 3.63) is 29.6 Å². The van der Waals surface area contributed by atoms with E-state index >= 15 is 0 Å². The first kappa shape index (κ1) is 20.0. The Hall–Kier alpha value is -2.31. The minimum absolute atomic E-state index is 0.0373. The van der Waals surface area contributed by atoms with E-state index in [9.17, 15) is 9.18 Å². The maximum Gasteiger partial charge on any atom is 0.309 e. The van der Waals surface area contributed by atoms with Gasteiger partial charge in [0, 0.05) is 19.6 Å². The second-order valence-electron chi connectivity index (χ2n) is 6.15. The highest BCUT2D eigenvalue weighted by molar-refractivity contribution is 5.80. The van der Waals surface area contributed by atoms with Crippen molar-refractivity contribution in [1.82, 2.24) is 10.2 Å². The Kier molecular flexibility index (Phi) is 7.69. The average Bonchev–Trinajstić information content (AvgIpc) is 2.65. The molecule has 26 heavy (non-hydrogen) atoms. The average molecular weight is 365 g/mol. The predicted octanol–water partition coefficient (Wildman–Crippen LogP) is 2.57. The van der Waals surface area contributed by atoms with Crippen molar-refractivity contribution in [1.29, 1.82) is 0 Å². The maximum atomic E-state index is 13.8. The van der Waals surface area contributed by atoms with Gasteiger partial charge in [-0.05, 0) is 44.4 Å². The van der Waals surface area contributed by atoms with Crippen LogP contribution in [0.4, 0.5) is 4.39 Å². The second kappa shape index (κ2) is 9.99. The molecule has 7 heteroatoms. The van der Waals surface area contributed by atoms with E-state index in [1.807, 2.05) is 19.9 Å². The fraction of sp³-hybridized carbons (Fsp3) is 0.579. The quantitative estimate of drug-likeness (QED) is 0.477. The van der Waals surface area contributed by atoms with E-state index in [1.54, 1.807) is 6.07 Å². The van der Waals surface area contributed by atoms with Crippen LogP contribution in [0.2, 0.25) is 0 Å². The molecule has 1 heterocycles. The molecule has 1 aliphatic heterocycles. The van der Waals surface area contributed by atoms with Crippen molar-refractivity contribution in [3.8, 4) is 5.75 Å². The molecule has 0 spiro atoms. The third-order valence-electron chi connectivity index (χ3n) is 4.38. The van der Waals surface area contributed by atoms with Gasteiger partial charge >= 0.3 is 5.97 Å². The van der Waals surface area contributed by atoms with Gasteiger partial charge in [0.2, 0.25) is 0 Å². The molecule has 0 aromatic heterocycles. The molecule has 0 unspecified atom stereocenters.